The van der Waals surface area contributed by atoms with Gasteiger partial charge in [0.05, 0.1) is 5.69 Å². The van der Waals surface area contributed by atoms with E-state index in [1.54, 1.807) is 0 Å². The summed E-state index contributed by atoms with van der Waals surface area (Å²) in [5, 5.41) is 2.72. The lowest BCUT2D eigenvalue weighted by molar-refractivity contribution is -0.138. The molecule has 3 rings (SSSR count). The van der Waals surface area contributed by atoms with Crippen molar-refractivity contribution in [2.24, 2.45) is 0 Å². The second kappa shape index (κ2) is 7.01. The molecule has 0 unspecified atom stereocenters. The molecule has 0 atom stereocenters. The summed E-state index contributed by atoms with van der Waals surface area (Å²) in [5.74, 6) is 0. The third kappa shape index (κ3) is 4.86. The number of anilines is 1. The lowest BCUT2D eigenvalue weighted by atomic mass is 9.92. The lowest BCUT2D eigenvalue weighted by Gasteiger charge is -2.32. The highest BCUT2D eigenvalue weighted by molar-refractivity contribution is 5.89. The molecule has 0 bridgehead atoms. The molecule has 0 radical (unpaired) electrons. The number of hydrogen-bond acceptors (Lipinski definition) is 4. The van der Waals surface area contributed by atoms with Crippen molar-refractivity contribution in [3.05, 3.63) is 42.1 Å². The quantitative estimate of drug-likeness (QED) is 0.789. The SMILES string of the molecule is CC(C)(C)OC=O.CC1(C)OC(=O)Nc2ccc(-c3ccc[nH]3)cc21. The molecule has 134 valence electrons. The minimum Gasteiger partial charge on any atom is -0.462 e. The maximum Gasteiger partial charge on any atom is 0.412 e. The molecule has 1 amide bonds. The van der Waals surface area contributed by atoms with Crippen LogP contribution in [0.25, 0.3) is 11.3 Å². The van der Waals surface area contributed by atoms with E-state index >= 15 is 0 Å². The van der Waals surface area contributed by atoms with Crippen LogP contribution in [0.3, 0.4) is 0 Å². The second-order valence-electron chi connectivity index (χ2n) is 7.20. The standard InChI is InChI=1S/C14H14N2O2.C5H10O2/c1-14(2)10-8-9(11-4-3-7-15-11)5-6-12(10)16-13(17)18-14;1-5(2,3)7-4-6/h3-8,15H,1-2H3,(H,16,17);4H,1-3H3. The summed E-state index contributed by atoms with van der Waals surface area (Å²) < 4.78 is 9.86. The van der Waals surface area contributed by atoms with E-state index in [4.69, 9.17) is 4.74 Å². The van der Waals surface area contributed by atoms with Crippen LogP contribution in [-0.2, 0) is 19.9 Å². The Hall–Kier alpha value is -2.76. The molecule has 0 fully saturated rings. The molecule has 2 aromatic rings. The molecule has 0 saturated carbocycles. The van der Waals surface area contributed by atoms with Crippen molar-refractivity contribution in [3.8, 4) is 11.3 Å². The molecular weight excluding hydrogens is 320 g/mol. The van der Waals surface area contributed by atoms with Crippen molar-refractivity contribution in [2.75, 3.05) is 5.32 Å². The van der Waals surface area contributed by atoms with Gasteiger partial charge >= 0.3 is 6.09 Å². The van der Waals surface area contributed by atoms with Crippen LogP contribution in [-0.4, -0.2) is 23.2 Å². The van der Waals surface area contributed by atoms with Crippen LogP contribution in [0.4, 0.5) is 10.5 Å². The Morgan fingerprint density at radius 1 is 1.20 bits per heavy atom. The molecule has 1 aromatic heterocycles. The summed E-state index contributed by atoms with van der Waals surface area (Å²) in [4.78, 5) is 24.2. The van der Waals surface area contributed by atoms with E-state index in [1.165, 1.54) is 0 Å². The molecule has 6 heteroatoms. The number of carbonyl (C=O) groups is 2. The molecule has 1 aromatic carbocycles. The van der Waals surface area contributed by atoms with Crippen molar-refractivity contribution >= 4 is 18.3 Å². The zero-order valence-electron chi connectivity index (χ0n) is 15.2. The summed E-state index contributed by atoms with van der Waals surface area (Å²) in [6.07, 6.45) is 1.48. The highest BCUT2D eigenvalue weighted by atomic mass is 16.6. The number of carbonyl (C=O) groups excluding carboxylic acids is 2. The normalized spacial score (nSPS) is 15.0. The predicted molar refractivity (Wildman–Crippen MR) is 96.3 cm³/mol. The Morgan fingerprint density at radius 3 is 2.44 bits per heavy atom. The minimum absolute atomic E-state index is 0.318. The largest absolute Gasteiger partial charge is 0.462 e. The first kappa shape index (κ1) is 18.6. The fourth-order valence-corrected chi connectivity index (χ4v) is 2.40. The van der Waals surface area contributed by atoms with Crippen molar-refractivity contribution in [1.29, 1.82) is 0 Å². The molecule has 0 saturated heterocycles. The number of aromatic nitrogens is 1. The van der Waals surface area contributed by atoms with Gasteiger partial charge in [-0.3, -0.25) is 10.1 Å². The van der Waals surface area contributed by atoms with E-state index in [0.29, 0.717) is 6.47 Å². The fraction of sp³-hybridized carbons (Fsp3) is 0.368. The zero-order chi connectivity index (χ0) is 18.7. The van der Waals surface area contributed by atoms with E-state index < -0.39 is 11.7 Å². The summed E-state index contributed by atoms with van der Waals surface area (Å²) in [6, 6.07) is 9.90. The summed E-state index contributed by atoms with van der Waals surface area (Å²) >= 11 is 0. The number of rotatable bonds is 2. The van der Waals surface area contributed by atoms with Crippen LogP contribution in [0.1, 0.15) is 40.2 Å². The molecule has 2 N–H and O–H groups in total. The first-order valence-electron chi connectivity index (χ1n) is 8.02. The van der Waals surface area contributed by atoms with Gasteiger partial charge in [0.2, 0.25) is 0 Å². The van der Waals surface area contributed by atoms with E-state index in [0.717, 1.165) is 22.5 Å². The molecule has 1 aliphatic rings. The fourth-order valence-electron chi connectivity index (χ4n) is 2.40. The van der Waals surface area contributed by atoms with Crippen LogP contribution in [0, 0.1) is 0 Å². The van der Waals surface area contributed by atoms with Crippen LogP contribution < -0.4 is 5.32 Å². The molecular formula is C19H24N2O4. The van der Waals surface area contributed by atoms with Crippen LogP contribution in [0.5, 0.6) is 0 Å². The van der Waals surface area contributed by atoms with Crippen molar-refractivity contribution in [1.82, 2.24) is 4.98 Å². The van der Waals surface area contributed by atoms with Crippen molar-refractivity contribution in [2.45, 2.75) is 45.8 Å². The van der Waals surface area contributed by atoms with Crippen molar-refractivity contribution in [3.63, 3.8) is 0 Å². The molecule has 0 aliphatic carbocycles. The Labute approximate surface area is 147 Å². The Bertz CT molecular complexity index is 743. The molecule has 1 aliphatic heterocycles. The number of benzene rings is 1. The first-order valence-corrected chi connectivity index (χ1v) is 8.02. The first-order chi connectivity index (χ1) is 11.6. The second-order valence-corrected chi connectivity index (χ2v) is 7.20. The predicted octanol–water partition coefficient (Wildman–Crippen LogP) is 4.44. The van der Waals surface area contributed by atoms with Gasteiger partial charge in [0.1, 0.15) is 11.2 Å². The van der Waals surface area contributed by atoms with E-state index in [1.807, 2.05) is 71.1 Å². The van der Waals surface area contributed by atoms with Gasteiger partial charge in [-0.05, 0) is 64.4 Å². The highest BCUT2D eigenvalue weighted by Crippen LogP contribution is 2.37. The van der Waals surface area contributed by atoms with Gasteiger partial charge in [-0.15, -0.1) is 0 Å². The summed E-state index contributed by atoms with van der Waals surface area (Å²) in [5.41, 5.74) is 2.99. The number of hydrogen-bond donors (Lipinski definition) is 2. The zero-order valence-corrected chi connectivity index (χ0v) is 15.2. The van der Waals surface area contributed by atoms with Gasteiger partial charge in [-0.1, -0.05) is 6.07 Å². The summed E-state index contributed by atoms with van der Waals surface area (Å²) in [7, 11) is 0. The Kier molecular flexibility index (Phi) is 5.21. The topological polar surface area (TPSA) is 80.4 Å². The Morgan fingerprint density at radius 2 is 1.92 bits per heavy atom. The van der Waals surface area contributed by atoms with Gasteiger partial charge in [0.25, 0.3) is 6.47 Å². The van der Waals surface area contributed by atoms with Gasteiger partial charge in [-0.2, -0.15) is 0 Å². The third-order valence-corrected chi connectivity index (χ3v) is 3.56. The summed E-state index contributed by atoms with van der Waals surface area (Å²) in [6.45, 7) is 9.70. The average Bonchev–Trinajstić information content (AvgIpc) is 2.99. The van der Waals surface area contributed by atoms with E-state index in [-0.39, 0.29) is 5.60 Å². The molecule has 2 heterocycles. The maximum atomic E-state index is 11.4. The minimum atomic E-state index is -0.611. The number of amides is 1. The van der Waals surface area contributed by atoms with Crippen LogP contribution in [0.15, 0.2) is 36.5 Å². The average molecular weight is 344 g/mol. The number of aromatic amines is 1. The number of fused-ring (bicyclic) bond motifs is 1. The van der Waals surface area contributed by atoms with Gasteiger partial charge < -0.3 is 14.5 Å². The van der Waals surface area contributed by atoms with E-state index in [9.17, 15) is 9.59 Å². The number of cyclic esters (lactones) is 1. The maximum absolute atomic E-state index is 11.4. The van der Waals surface area contributed by atoms with Crippen LogP contribution in [0.2, 0.25) is 0 Å². The smallest absolute Gasteiger partial charge is 0.412 e. The van der Waals surface area contributed by atoms with Crippen LogP contribution >= 0.6 is 0 Å². The lowest BCUT2D eigenvalue weighted by Crippen LogP contribution is -2.34. The number of nitrogens with one attached hydrogen (secondary N) is 2. The number of H-pyrrole nitrogens is 1. The molecule has 25 heavy (non-hydrogen) atoms. The van der Waals surface area contributed by atoms with Gasteiger partial charge in [0.15, 0.2) is 0 Å². The van der Waals surface area contributed by atoms with Crippen molar-refractivity contribution < 1.29 is 19.1 Å². The highest BCUT2D eigenvalue weighted by Gasteiger charge is 2.33. The number of ether oxygens (including phenoxy) is 2. The molecule has 6 nitrogen and oxygen atoms in total. The van der Waals surface area contributed by atoms with Gasteiger partial charge in [0, 0.05) is 17.5 Å². The third-order valence-electron chi connectivity index (χ3n) is 3.56. The Balaban J connectivity index is 0.000000277. The van der Waals surface area contributed by atoms with Gasteiger partial charge in [-0.25, -0.2) is 4.79 Å². The monoisotopic (exact) mass is 344 g/mol. The van der Waals surface area contributed by atoms with E-state index in [2.05, 4.69) is 15.0 Å². The molecule has 0 spiro atoms.